The highest BCUT2D eigenvalue weighted by Crippen LogP contribution is 2.31. The molecule has 0 radical (unpaired) electrons. The molecule has 0 saturated carbocycles. The van der Waals surface area contributed by atoms with Crippen LogP contribution in [-0.4, -0.2) is 73.2 Å². The SMILES string of the molecule is O=C(c1csc(CSc2nnc(-c3cccnc3)n2-c2cccc(Cl)c2)n1)N1CCN(C/C=C/c2ccccc2)CC1. The highest BCUT2D eigenvalue weighted by atomic mass is 35.5. The molecule has 1 aliphatic heterocycles. The van der Waals surface area contributed by atoms with Crippen LogP contribution in [0.4, 0.5) is 0 Å². The van der Waals surface area contributed by atoms with Crippen molar-refractivity contribution in [2.45, 2.75) is 10.9 Å². The third-order valence-electron chi connectivity index (χ3n) is 6.85. The van der Waals surface area contributed by atoms with Gasteiger partial charge in [0.15, 0.2) is 11.0 Å². The van der Waals surface area contributed by atoms with E-state index < -0.39 is 0 Å². The summed E-state index contributed by atoms with van der Waals surface area (Å²) in [5.41, 5.74) is 3.41. The lowest BCUT2D eigenvalue weighted by Gasteiger charge is -2.33. The summed E-state index contributed by atoms with van der Waals surface area (Å²) in [6.45, 7) is 3.95. The first-order chi connectivity index (χ1) is 20.6. The predicted molar refractivity (Wildman–Crippen MR) is 169 cm³/mol. The lowest BCUT2D eigenvalue weighted by molar-refractivity contribution is 0.0645. The van der Waals surface area contributed by atoms with Gasteiger partial charge in [-0.2, -0.15) is 0 Å². The molecule has 1 fully saturated rings. The molecule has 5 aromatic rings. The van der Waals surface area contributed by atoms with E-state index >= 15 is 0 Å². The fraction of sp³-hybridized carbons (Fsp3) is 0.194. The van der Waals surface area contributed by atoms with Crippen LogP contribution >= 0.6 is 34.7 Å². The zero-order chi connectivity index (χ0) is 28.7. The monoisotopic (exact) mass is 613 g/mol. The second-order valence-electron chi connectivity index (χ2n) is 9.68. The summed E-state index contributed by atoms with van der Waals surface area (Å²) in [6.07, 6.45) is 7.82. The molecule has 11 heteroatoms. The number of hydrogen-bond acceptors (Lipinski definition) is 8. The Morgan fingerprint density at radius 2 is 1.86 bits per heavy atom. The van der Waals surface area contributed by atoms with Crippen molar-refractivity contribution < 1.29 is 4.79 Å². The third kappa shape index (κ3) is 6.79. The molecule has 0 aliphatic carbocycles. The van der Waals surface area contributed by atoms with E-state index in [0.717, 1.165) is 35.9 Å². The topological polar surface area (TPSA) is 80.0 Å². The van der Waals surface area contributed by atoms with Crippen molar-refractivity contribution in [1.29, 1.82) is 0 Å². The number of aromatic nitrogens is 5. The second kappa shape index (κ2) is 13.4. The Morgan fingerprint density at radius 1 is 1.00 bits per heavy atom. The van der Waals surface area contributed by atoms with Gasteiger partial charge in [-0.1, -0.05) is 71.9 Å². The van der Waals surface area contributed by atoms with E-state index in [4.69, 9.17) is 11.6 Å². The molecule has 1 aliphatic rings. The van der Waals surface area contributed by atoms with Gasteiger partial charge < -0.3 is 4.90 Å². The van der Waals surface area contributed by atoms with Gasteiger partial charge in [-0.15, -0.1) is 21.5 Å². The van der Waals surface area contributed by atoms with Crippen LogP contribution in [0.15, 0.2) is 95.7 Å². The van der Waals surface area contributed by atoms with Crippen LogP contribution in [0.3, 0.4) is 0 Å². The Balaban J connectivity index is 1.08. The number of thiazole rings is 1. The summed E-state index contributed by atoms with van der Waals surface area (Å²) in [7, 11) is 0. The van der Waals surface area contributed by atoms with Gasteiger partial charge in [0.2, 0.25) is 0 Å². The summed E-state index contributed by atoms with van der Waals surface area (Å²) in [4.78, 5) is 26.4. The molecule has 2 aromatic carbocycles. The van der Waals surface area contributed by atoms with Gasteiger partial charge in [-0.3, -0.25) is 19.2 Å². The number of piperazine rings is 1. The Morgan fingerprint density at radius 3 is 2.64 bits per heavy atom. The molecule has 0 unspecified atom stereocenters. The Hall–Kier alpha value is -3.83. The summed E-state index contributed by atoms with van der Waals surface area (Å²) in [5.74, 6) is 1.23. The first-order valence-corrected chi connectivity index (χ1v) is 15.8. The van der Waals surface area contributed by atoms with Crippen LogP contribution in [0.1, 0.15) is 21.1 Å². The van der Waals surface area contributed by atoms with Crippen LogP contribution in [-0.2, 0) is 5.75 Å². The van der Waals surface area contributed by atoms with Crippen LogP contribution in [0, 0.1) is 0 Å². The fourth-order valence-electron chi connectivity index (χ4n) is 4.69. The van der Waals surface area contributed by atoms with Crippen LogP contribution < -0.4 is 0 Å². The minimum absolute atomic E-state index is 0.0112. The quantitative estimate of drug-likeness (QED) is 0.183. The average Bonchev–Trinajstić information content (AvgIpc) is 3.69. The average molecular weight is 614 g/mol. The minimum Gasteiger partial charge on any atom is -0.335 e. The molecular formula is C31H28ClN7OS2. The van der Waals surface area contributed by atoms with E-state index in [1.165, 1.54) is 28.7 Å². The highest BCUT2D eigenvalue weighted by Gasteiger charge is 2.24. The molecule has 42 heavy (non-hydrogen) atoms. The third-order valence-corrected chi connectivity index (χ3v) is 9.05. The standard InChI is InChI=1S/C31H28ClN7OS2/c32-25-11-4-12-26(19-25)39-29(24-10-5-13-33-20-24)35-36-31(39)42-22-28-34-27(21-41-28)30(40)38-17-15-37(16-18-38)14-6-9-23-7-2-1-3-8-23/h1-13,19-21H,14-18,22H2/b9-6+. The van der Waals surface area contributed by atoms with Crippen LogP contribution in [0.5, 0.6) is 0 Å². The first kappa shape index (κ1) is 28.3. The van der Waals surface area contributed by atoms with E-state index in [1.54, 1.807) is 12.4 Å². The molecule has 4 heterocycles. The van der Waals surface area contributed by atoms with Crippen molar-refractivity contribution in [3.63, 3.8) is 0 Å². The van der Waals surface area contributed by atoms with Crippen molar-refractivity contribution in [2.75, 3.05) is 32.7 Å². The molecule has 212 valence electrons. The molecule has 1 amide bonds. The Bertz CT molecular complexity index is 1670. The molecule has 0 atom stereocenters. The number of carbonyl (C=O) groups is 1. The summed E-state index contributed by atoms with van der Waals surface area (Å²) in [5, 5.41) is 13.0. The largest absolute Gasteiger partial charge is 0.335 e. The lowest BCUT2D eigenvalue weighted by Crippen LogP contribution is -2.48. The number of pyridine rings is 1. The maximum atomic E-state index is 13.2. The molecular weight excluding hydrogens is 586 g/mol. The van der Waals surface area contributed by atoms with Crippen molar-refractivity contribution in [3.8, 4) is 17.1 Å². The number of benzene rings is 2. The summed E-state index contributed by atoms with van der Waals surface area (Å²) in [6, 6.07) is 21.7. The van der Waals surface area contributed by atoms with Gasteiger partial charge in [0.25, 0.3) is 5.91 Å². The molecule has 0 bridgehead atoms. The highest BCUT2D eigenvalue weighted by molar-refractivity contribution is 7.98. The number of halogens is 1. The smallest absolute Gasteiger partial charge is 0.273 e. The molecule has 8 nitrogen and oxygen atoms in total. The van der Waals surface area contributed by atoms with Crippen molar-refractivity contribution in [3.05, 3.63) is 112 Å². The van der Waals surface area contributed by atoms with Gasteiger partial charge >= 0.3 is 0 Å². The van der Waals surface area contributed by atoms with Gasteiger partial charge in [0, 0.05) is 61.1 Å². The number of amides is 1. The van der Waals surface area contributed by atoms with Gasteiger partial charge in [-0.05, 0) is 35.9 Å². The number of carbonyl (C=O) groups excluding carboxylic acids is 1. The molecule has 0 N–H and O–H groups in total. The maximum absolute atomic E-state index is 13.2. The van der Waals surface area contributed by atoms with Crippen molar-refractivity contribution >= 4 is 46.7 Å². The van der Waals surface area contributed by atoms with E-state index in [2.05, 4.69) is 49.4 Å². The predicted octanol–water partition coefficient (Wildman–Crippen LogP) is 6.20. The number of nitrogens with zero attached hydrogens (tertiary/aromatic N) is 7. The minimum atomic E-state index is -0.0112. The molecule has 1 saturated heterocycles. The lowest BCUT2D eigenvalue weighted by atomic mass is 10.2. The Kier molecular flexibility index (Phi) is 9.05. The van der Waals surface area contributed by atoms with E-state index in [9.17, 15) is 4.79 Å². The molecule has 0 spiro atoms. The molecule has 3 aromatic heterocycles. The Labute approximate surface area is 257 Å². The normalized spacial score (nSPS) is 14.1. The van der Waals surface area contributed by atoms with Crippen molar-refractivity contribution in [2.24, 2.45) is 0 Å². The summed E-state index contributed by atoms with van der Waals surface area (Å²) >= 11 is 9.32. The number of thioether (sulfide) groups is 1. The first-order valence-electron chi connectivity index (χ1n) is 13.6. The van der Waals surface area contributed by atoms with Gasteiger partial charge in [0.05, 0.1) is 11.4 Å². The number of rotatable bonds is 9. The van der Waals surface area contributed by atoms with E-state index in [-0.39, 0.29) is 5.91 Å². The summed E-state index contributed by atoms with van der Waals surface area (Å²) < 4.78 is 1.97. The van der Waals surface area contributed by atoms with E-state index in [0.29, 0.717) is 40.5 Å². The van der Waals surface area contributed by atoms with Crippen LogP contribution in [0.2, 0.25) is 5.02 Å². The fourth-order valence-corrected chi connectivity index (χ4v) is 6.62. The van der Waals surface area contributed by atoms with E-state index in [1.807, 2.05) is 69.4 Å². The zero-order valence-electron chi connectivity index (χ0n) is 22.7. The van der Waals surface area contributed by atoms with Gasteiger partial charge in [-0.25, -0.2) is 4.98 Å². The van der Waals surface area contributed by atoms with Gasteiger partial charge in [0.1, 0.15) is 10.7 Å². The number of hydrogen-bond donors (Lipinski definition) is 0. The second-order valence-corrected chi connectivity index (χ2v) is 12.0. The van der Waals surface area contributed by atoms with Crippen molar-refractivity contribution in [1.82, 2.24) is 34.5 Å². The zero-order valence-corrected chi connectivity index (χ0v) is 25.1. The maximum Gasteiger partial charge on any atom is 0.273 e. The van der Waals surface area contributed by atoms with Crippen LogP contribution in [0.25, 0.3) is 23.2 Å². The molecule has 6 rings (SSSR count).